The maximum atomic E-state index is 10.1. The van der Waals surface area contributed by atoms with E-state index in [1.165, 1.54) is 6.08 Å². The monoisotopic (exact) mass is 308 g/mol. The van der Waals surface area contributed by atoms with Crippen LogP contribution in [0, 0.1) is 5.92 Å². The highest BCUT2D eigenvalue weighted by molar-refractivity contribution is 5.97. The summed E-state index contributed by atoms with van der Waals surface area (Å²) in [4.78, 5) is 9.50. The molecule has 5 nitrogen and oxygen atoms in total. The minimum atomic E-state index is -0.743. The lowest BCUT2D eigenvalue weighted by Crippen LogP contribution is -2.48. The third-order valence-electron chi connectivity index (χ3n) is 3.85. The van der Waals surface area contributed by atoms with E-state index in [-0.39, 0.29) is 12.0 Å². The average molecular weight is 308 g/mol. The molecule has 1 aliphatic rings. The zero-order valence-electron chi connectivity index (χ0n) is 14.1. The number of aliphatic hydroxyl groups excluding tert-OH is 1. The van der Waals surface area contributed by atoms with Gasteiger partial charge < -0.3 is 14.6 Å². The van der Waals surface area contributed by atoms with E-state index in [0.29, 0.717) is 24.6 Å². The molecule has 3 atom stereocenters. The summed E-state index contributed by atoms with van der Waals surface area (Å²) in [5.74, 6) is 1.36. The summed E-state index contributed by atoms with van der Waals surface area (Å²) in [6.45, 7) is 11.5. The van der Waals surface area contributed by atoms with Crippen LogP contribution in [0.4, 0.5) is 0 Å². The molecule has 22 heavy (non-hydrogen) atoms. The molecule has 0 aliphatic carbocycles. The van der Waals surface area contributed by atoms with E-state index < -0.39 is 11.6 Å². The standard InChI is InChI=1S/C17H28N2O3/c1-7-9-10-17(11-13(20)8-2)16(22-6)18-14(12(3)4)15(19-17)21-5/h7-8,12-14,20H,1-2,9-11H2,3-6H3/t13-,14-,17+/m1/s1. The zero-order chi connectivity index (χ0) is 16.8. The van der Waals surface area contributed by atoms with Gasteiger partial charge in [-0.2, -0.15) is 0 Å². The van der Waals surface area contributed by atoms with E-state index >= 15 is 0 Å². The topological polar surface area (TPSA) is 63.4 Å². The number of ether oxygens (including phenoxy) is 2. The van der Waals surface area contributed by atoms with Gasteiger partial charge >= 0.3 is 0 Å². The molecular weight excluding hydrogens is 280 g/mol. The number of aliphatic hydroxyl groups is 1. The van der Waals surface area contributed by atoms with Crippen LogP contribution in [0.3, 0.4) is 0 Å². The van der Waals surface area contributed by atoms with E-state index in [1.807, 2.05) is 6.08 Å². The fourth-order valence-corrected chi connectivity index (χ4v) is 2.64. The van der Waals surface area contributed by atoms with Crippen LogP contribution < -0.4 is 0 Å². The van der Waals surface area contributed by atoms with Crippen molar-refractivity contribution in [1.29, 1.82) is 0 Å². The Morgan fingerprint density at radius 2 is 2.00 bits per heavy atom. The predicted octanol–water partition coefficient (Wildman–Crippen LogP) is 2.76. The van der Waals surface area contributed by atoms with Crippen molar-refractivity contribution in [3.63, 3.8) is 0 Å². The second kappa shape index (κ2) is 8.13. The van der Waals surface area contributed by atoms with Crippen LogP contribution in [0.15, 0.2) is 35.3 Å². The van der Waals surface area contributed by atoms with E-state index in [0.717, 1.165) is 6.42 Å². The molecule has 1 N–H and O–H groups in total. The highest BCUT2D eigenvalue weighted by Gasteiger charge is 2.43. The molecule has 0 aromatic carbocycles. The van der Waals surface area contributed by atoms with Gasteiger partial charge in [0.2, 0.25) is 11.8 Å². The molecule has 0 saturated heterocycles. The Labute approximate surface area is 133 Å². The van der Waals surface area contributed by atoms with Crippen molar-refractivity contribution in [2.75, 3.05) is 14.2 Å². The lowest BCUT2D eigenvalue weighted by atomic mass is 9.85. The minimum Gasteiger partial charge on any atom is -0.483 e. The van der Waals surface area contributed by atoms with Crippen LogP contribution in [-0.4, -0.2) is 48.8 Å². The van der Waals surface area contributed by atoms with Gasteiger partial charge in [-0.15, -0.1) is 13.2 Å². The van der Waals surface area contributed by atoms with Crippen LogP contribution in [0.5, 0.6) is 0 Å². The van der Waals surface area contributed by atoms with Gasteiger partial charge in [-0.05, 0) is 18.8 Å². The second-order valence-electron chi connectivity index (χ2n) is 5.85. The number of nitrogens with zero attached hydrogens (tertiary/aromatic N) is 2. The van der Waals surface area contributed by atoms with Crippen molar-refractivity contribution in [1.82, 2.24) is 0 Å². The number of hydrogen-bond donors (Lipinski definition) is 1. The molecule has 1 heterocycles. The summed E-state index contributed by atoms with van der Waals surface area (Å²) in [6.07, 6.45) is 4.37. The van der Waals surface area contributed by atoms with Gasteiger partial charge in [-0.25, -0.2) is 9.98 Å². The number of methoxy groups -OCH3 is 2. The third-order valence-corrected chi connectivity index (χ3v) is 3.85. The summed E-state index contributed by atoms with van der Waals surface area (Å²) in [5, 5.41) is 10.1. The Morgan fingerprint density at radius 3 is 2.45 bits per heavy atom. The molecule has 124 valence electrons. The lowest BCUT2D eigenvalue weighted by molar-refractivity contribution is 0.176. The first-order valence-electron chi connectivity index (χ1n) is 7.61. The molecule has 0 spiro atoms. The Hall–Kier alpha value is -1.62. The summed E-state index contributed by atoms with van der Waals surface area (Å²) in [5.41, 5.74) is -0.743. The molecule has 0 unspecified atom stereocenters. The van der Waals surface area contributed by atoms with Crippen LogP contribution in [0.25, 0.3) is 0 Å². The van der Waals surface area contributed by atoms with Crippen molar-refractivity contribution in [3.05, 3.63) is 25.3 Å². The van der Waals surface area contributed by atoms with E-state index in [9.17, 15) is 5.11 Å². The average Bonchev–Trinajstić information content (AvgIpc) is 2.51. The molecular formula is C17H28N2O3. The SMILES string of the molecule is C=CCC[C@@]1(C[C@H](O)C=C)N=C(OC)[C@@H](C(C)C)N=C1OC. The molecule has 0 aromatic heterocycles. The zero-order valence-corrected chi connectivity index (χ0v) is 14.1. The Morgan fingerprint density at radius 1 is 1.32 bits per heavy atom. The maximum Gasteiger partial charge on any atom is 0.212 e. The summed E-state index contributed by atoms with van der Waals surface area (Å²) in [7, 11) is 3.19. The Kier molecular flexibility index (Phi) is 6.81. The van der Waals surface area contributed by atoms with Crippen molar-refractivity contribution < 1.29 is 14.6 Å². The fourth-order valence-electron chi connectivity index (χ4n) is 2.64. The van der Waals surface area contributed by atoms with Crippen molar-refractivity contribution >= 4 is 11.8 Å². The summed E-state index contributed by atoms with van der Waals surface area (Å²) < 4.78 is 11.0. The van der Waals surface area contributed by atoms with Gasteiger partial charge in [-0.3, -0.25) is 0 Å². The van der Waals surface area contributed by atoms with Crippen LogP contribution >= 0.6 is 0 Å². The van der Waals surface area contributed by atoms with Gasteiger partial charge in [0.25, 0.3) is 0 Å². The van der Waals surface area contributed by atoms with Crippen LogP contribution in [0.1, 0.15) is 33.1 Å². The second-order valence-corrected chi connectivity index (χ2v) is 5.85. The first kappa shape index (κ1) is 18.4. The molecule has 0 amide bonds. The van der Waals surface area contributed by atoms with Crippen molar-refractivity contribution in [2.24, 2.45) is 15.9 Å². The minimum absolute atomic E-state index is 0.169. The molecule has 0 saturated carbocycles. The first-order valence-corrected chi connectivity index (χ1v) is 7.61. The van der Waals surface area contributed by atoms with Gasteiger partial charge in [0, 0.05) is 6.42 Å². The largest absolute Gasteiger partial charge is 0.483 e. The highest BCUT2D eigenvalue weighted by Crippen LogP contribution is 2.33. The summed E-state index contributed by atoms with van der Waals surface area (Å²) in [6, 6.07) is -0.169. The lowest BCUT2D eigenvalue weighted by Gasteiger charge is -2.37. The Bertz CT molecular complexity index is 457. The van der Waals surface area contributed by atoms with E-state index in [1.54, 1.807) is 14.2 Å². The highest BCUT2D eigenvalue weighted by atomic mass is 16.5. The third kappa shape index (κ3) is 3.97. The number of rotatable bonds is 7. The normalized spacial score (nSPS) is 26.0. The summed E-state index contributed by atoms with van der Waals surface area (Å²) >= 11 is 0. The van der Waals surface area contributed by atoms with E-state index in [4.69, 9.17) is 19.5 Å². The molecule has 0 bridgehead atoms. The van der Waals surface area contributed by atoms with E-state index in [2.05, 4.69) is 27.0 Å². The fraction of sp³-hybridized carbons (Fsp3) is 0.647. The number of hydrogen-bond acceptors (Lipinski definition) is 5. The molecule has 0 aromatic rings. The molecule has 1 rings (SSSR count). The molecule has 0 fully saturated rings. The van der Waals surface area contributed by atoms with Crippen molar-refractivity contribution in [2.45, 2.75) is 50.8 Å². The molecule has 5 heteroatoms. The van der Waals surface area contributed by atoms with Crippen molar-refractivity contribution in [3.8, 4) is 0 Å². The van der Waals surface area contributed by atoms with Gasteiger partial charge in [0.1, 0.15) is 11.6 Å². The molecule has 1 aliphatic heterocycles. The maximum absolute atomic E-state index is 10.1. The van der Waals surface area contributed by atoms with Gasteiger partial charge in [0.15, 0.2) is 0 Å². The quantitative estimate of drug-likeness (QED) is 0.736. The van der Waals surface area contributed by atoms with Gasteiger partial charge in [0.05, 0.1) is 20.3 Å². The van der Waals surface area contributed by atoms with Crippen LogP contribution in [-0.2, 0) is 9.47 Å². The van der Waals surface area contributed by atoms with Gasteiger partial charge in [-0.1, -0.05) is 26.0 Å². The number of aliphatic imine (C=N–C) groups is 2. The molecule has 0 radical (unpaired) electrons. The smallest absolute Gasteiger partial charge is 0.212 e. The predicted molar refractivity (Wildman–Crippen MR) is 90.5 cm³/mol. The Balaban J connectivity index is 3.30. The van der Waals surface area contributed by atoms with Crippen LogP contribution in [0.2, 0.25) is 0 Å². The number of allylic oxidation sites excluding steroid dienone is 1. The first-order chi connectivity index (χ1) is 10.4.